The number of carbonyl (C=O) groups excluding carboxylic acids is 4. The van der Waals surface area contributed by atoms with Crippen LogP contribution in [0.25, 0.3) is 11.3 Å². The minimum absolute atomic E-state index is 0.0624. The van der Waals surface area contributed by atoms with Crippen molar-refractivity contribution in [3.8, 4) is 11.3 Å². The van der Waals surface area contributed by atoms with Gasteiger partial charge in [0, 0.05) is 60.5 Å². The van der Waals surface area contributed by atoms with Gasteiger partial charge in [0.2, 0.25) is 0 Å². The van der Waals surface area contributed by atoms with Crippen LogP contribution in [0.1, 0.15) is 93.9 Å². The van der Waals surface area contributed by atoms with Crippen molar-refractivity contribution in [2.24, 2.45) is 23.7 Å². The SMILES string of the molecule is CC[C@H]1OC(=O)[C@@](C)(F)C(=O)[C@H](C)[C@H]2C=C([C@H]3C[C@@H](N(C)C)C[C@@H](C)O3)O[C@@]2(C)C[C@@H](C)C(=O)[C@H](C)[C@@H]2N(CCCCn3cc(-c4cccc([N+](=O)[O-])c4)nn3)C(=O)O[C@@]21C. The van der Waals surface area contributed by atoms with Crippen molar-refractivity contribution < 1.29 is 47.4 Å². The molecule has 12 atom stereocenters. The van der Waals surface area contributed by atoms with Crippen LogP contribution in [0, 0.1) is 33.8 Å². The molecular formula is C44H61FN6O10. The number of fused-ring (bicyclic) bond motifs is 2. The molecule has 0 radical (unpaired) electrons. The Labute approximate surface area is 356 Å². The molecule has 0 spiro atoms. The summed E-state index contributed by atoms with van der Waals surface area (Å²) in [5, 5.41) is 19.6. The number of aryl methyl sites for hydroxylation is 1. The first-order valence-corrected chi connectivity index (χ1v) is 21.5. The van der Waals surface area contributed by atoms with E-state index >= 15 is 4.39 Å². The molecule has 5 heterocycles. The average Bonchev–Trinajstić information content (AvgIpc) is 3.90. The summed E-state index contributed by atoms with van der Waals surface area (Å²) in [5.41, 5.74) is -4.85. The van der Waals surface area contributed by atoms with Gasteiger partial charge < -0.3 is 28.7 Å². The van der Waals surface area contributed by atoms with Gasteiger partial charge in [0.1, 0.15) is 35.0 Å². The second kappa shape index (κ2) is 17.5. The molecule has 17 heteroatoms. The van der Waals surface area contributed by atoms with E-state index in [1.165, 1.54) is 17.0 Å². The van der Waals surface area contributed by atoms with E-state index in [-0.39, 0.29) is 43.0 Å². The number of benzene rings is 1. The topological polar surface area (TPSA) is 186 Å². The van der Waals surface area contributed by atoms with Crippen LogP contribution in [0.2, 0.25) is 0 Å². The van der Waals surface area contributed by atoms with Crippen molar-refractivity contribution in [1.82, 2.24) is 24.8 Å². The second-order valence-corrected chi connectivity index (χ2v) is 18.4. The first-order valence-electron chi connectivity index (χ1n) is 21.5. The van der Waals surface area contributed by atoms with Crippen LogP contribution in [-0.2, 0) is 39.9 Å². The molecule has 6 rings (SSSR count). The molecule has 0 aliphatic carbocycles. The highest BCUT2D eigenvalue weighted by atomic mass is 19.1. The van der Waals surface area contributed by atoms with E-state index in [9.17, 15) is 29.3 Å². The number of amides is 1. The number of rotatable bonds is 10. The Balaban J connectivity index is 1.26. The summed E-state index contributed by atoms with van der Waals surface area (Å²) < 4.78 is 43.5. The van der Waals surface area contributed by atoms with Crippen LogP contribution in [0.4, 0.5) is 14.9 Å². The summed E-state index contributed by atoms with van der Waals surface area (Å²) in [6.45, 7) is 13.7. The van der Waals surface area contributed by atoms with Gasteiger partial charge >= 0.3 is 12.1 Å². The van der Waals surface area contributed by atoms with Gasteiger partial charge in [0.15, 0.2) is 11.4 Å². The lowest BCUT2D eigenvalue weighted by molar-refractivity contribution is -0.384. The summed E-state index contributed by atoms with van der Waals surface area (Å²) >= 11 is 0. The molecule has 16 nitrogen and oxygen atoms in total. The number of ether oxygens (including phenoxy) is 4. The number of halogens is 1. The summed E-state index contributed by atoms with van der Waals surface area (Å²) in [7, 11) is 4.02. The molecule has 1 aromatic heterocycles. The number of Topliss-reactive ketones (excluding diaryl/α,β-unsaturated/α-hetero) is 2. The largest absolute Gasteiger partial charge is 0.489 e. The van der Waals surface area contributed by atoms with Gasteiger partial charge in [0.05, 0.1) is 23.3 Å². The summed E-state index contributed by atoms with van der Waals surface area (Å²) in [6.07, 6.45) is 3.81. The minimum Gasteiger partial charge on any atom is -0.489 e. The highest BCUT2D eigenvalue weighted by molar-refractivity contribution is 6.08. The lowest BCUT2D eigenvalue weighted by Gasteiger charge is -2.42. The van der Waals surface area contributed by atoms with E-state index < -0.39 is 81.6 Å². The maximum Gasteiger partial charge on any atom is 0.410 e. The number of nitrogens with zero attached hydrogens (tertiary/aromatic N) is 6. The molecule has 61 heavy (non-hydrogen) atoms. The van der Waals surface area contributed by atoms with Crippen molar-refractivity contribution in [1.29, 1.82) is 0 Å². The van der Waals surface area contributed by atoms with Gasteiger partial charge in [0.25, 0.3) is 11.4 Å². The number of carbonyl (C=O) groups is 4. The van der Waals surface area contributed by atoms with E-state index in [4.69, 9.17) is 18.9 Å². The number of non-ortho nitro benzene ring substituents is 1. The Bertz CT molecular complexity index is 2040. The second-order valence-electron chi connectivity index (χ2n) is 18.4. The number of hydrogen-bond acceptors (Lipinski definition) is 13. The molecule has 3 saturated heterocycles. The molecule has 0 N–H and O–H groups in total. The zero-order chi connectivity index (χ0) is 44.8. The third kappa shape index (κ3) is 8.95. The van der Waals surface area contributed by atoms with Gasteiger partial charge in [-0.1, -0.05) is 45.0 Å². The zero-order valence-electron chi connectivity index (χ0n) is 37.0. The third-order valence-corrected chi connectivity index (χ3v) is 13.5. The number of nitro groups is 1. The summed E-state index contributed by atoms with van der Waals surface area (Å²) in [4.78, 5) is 71.1. The lowest BCUT2D eigenvalue weighted by atomic mass is 9.70. The highest BCUT2D eigenvalue weighted by Gasteiger charge is 2.62. The maximum atomic E-state index is 16.8. The Morgan fingerprint density at radius 2 is 1.70 bits per heavy atom. The van der Waals surface area contributed by atoms with Crippen LogP contribution < -0.4 is 0 Å². The monoisotopic (exact) mass is 852 g/mol. The molecule has 0 unspecified atom stereocenters. The van der Waals surface area contributed by atoms with Crippen LogP contribution in [-0.4, -0.2) is 121 Å². The van der Waals surface area contributed by atoms with Gasteiger partial charge in [-0.25, -0.2) is 14.0 Å². The number of esters is 1. The average molecular weight is 853 g/mol. The number of nitro benzene ring substituents is 1. The molecule has 334 valence electrons. The van der Waals surface area contributed by atoms with Crippen molar-refractivity contribution in [2.75, 3.05) is 20.6 Å². The number of unbranched alkanes of at least 4 members (excludes halogenated alkanes) is 1. The predicted molar refractivity (Wildman–Crippen MR) is 221 cm³/mol. The van der Waals surface area contributed by atoms with Gasteiger partial charge in [-0.05, 0) is 86.4 Å². The third-order valence-electron chi connectivity index (χ3n) is 13.5. The standard InChI is InChI=1S/C44H61FN6O10/c1-11-36-44(8)38(50(41(55)61-44)18-13-12-17-49-24-33(46-47-49)29-15-14-16-30(20-29)51(56)57)28(5)37(52)25(2)23-42(6)32(27(4)39(53)43(7,45)40(54)59-36)22-35(60-42)34-21-31(48(9)10)19-26(3)58-34/h14-16,20,22,24-28,31-32,34,36,38H,11-13,17-19,21,23H2,1-10H3/t25-,26-,27-,28+,31+,32-,34-,36-,38+,42+,43+,44-/m1/s1. The molecule has 0 saturated carbocycles. The molecule has 4 aliphatic heterocycles. The molecule has 0 bridgehead atoms. The van der Waals surface area contributed by atoms with Gasteiger partial charge in [-0.2, -0.15) is 0 Å². The van der Waals surface area contributed by atoms with Crippen LogP contribution in [0.5, 0.6) is 0 Å². The molecule has 4 aliphatic rings. The maximum absolute atomic E-state index is 16.8. The molecule has 1 amide bonds. The summed E-state index contributed by atoms with van der Waals surface area (Å²) in [5.74, 6) is -5.25. The Morgan fingerprint density at radius 3 is 2.38 bits per heavy atom. The molecule has 1 aromatic carbocycles. The van der Waals surface area contributed by atoms with Crippen LogP contribution in [0.3, 0.4) is 0 Å². The predicted octanol–water partition coefficient (Wildman–Crippen LogP) is 6.50. The first-order chi connectivity index (χ1) is 28.6. The van der Waals surface area contributed by atoms with E-state index in [0.29, 0.717) is 42.8 Å². The Hall–Kier alpha value is -4.77. The fraction of sp³-hybridized carbons (Fsp3) is 0.682. The zero-order valence-corrected chi connectivity index (χ0v) is 37.0. The van der Waals surface area contributed by atoms with Crippen molar-refractivity contribution in [3.05, 3.63) is 52.4 Å². The Kier molecular flexibility index (Phi) is 13.2. The molecule has 3 fully saturated rings. The molecule has 2 aromatic rings. The fourth-order valence-electron chi connectivity index (χ4n) is 10.2. The number of ketones is 2. The Morgan fingerprint density at radius 1 is 1.00 bits per heavy atom. The first kappa shape index (κ1) is 45.7. The normalized spacial score (nSPS) is 36.1. The van der Waals surface area contributed by atoms with Gasteiger partial charge in [-0.15, -0.1) is 5.10 Å². The summed E-state index contributed by atoms with van der Waals surface area (Å²) in [6, 6.07) is 5.39. The smallest absolute Gasteiger partial charge is 0.410 e. The van der Waals surface area contributed by atoms with E-state index in [1.54, 1.807) is 57.6 Å². The number of aromatic nitrogens is 3. The van der Waals surface area contributed by atoms with E-state index in [2.05, 4.69) is 15.2 Å². The van der Waals surface area contributed by atoms with Crippen LogP contribution in [0.15, 0.2) is 42.3 Å². The molecular weight excluding hydrogens is 792 g/mol. The van der Waals surface area contributed by atoms with Crippen molar-refractivity contribution in [2.45, 2.75) is 148 Å². The number of hydrogen-bond donors (Lipinski definition) is 0. The van der Waals surface area contributed by atoms with Gasteiger partial charge in [-0.3, -0.25) is 24.4 Å². The quantitative estimate of drug-likeness (QED) is 0.0830. The number of alkyl halides is 1. The number of cyclic esters (lactones) is 1. The minimum atomic E-state index is -3.06. The van der Waals surface area contributed by atoms with E-state index in [1.807, 2.05) is 34.0 Å². The highest BCUT2D eigenvalue weighted by Crippen LogP contribution is 2.48. The van der Waals surface area contributed by atoms with E-state index in [0.717, 1.165) is 13.3 Å². The lowest BCUT2D eigenvalue weighted by Crippen LogP contribution is -2.59. The van der Waals surface area contributed by atoms with Crippen molar-refractivity contribution in [3.63, 3.8) is 0 Å². The van der Waals surface area contributed by atoms with Crippen LogP contribution >= 0.6 is 0 Å². The fourth-order valence-corrected chi connectivity index (χ4v) is 10.2. The van der Waals surface area contributed by atoms with Crippen molar-refractivity contribution >= 4 is 29.3 Å².